The number of carbonyl (C=O) groups excluding carboxylic acids is 1. The van der Waals surface area contributed by atoms with Crippen molar-refractivity contribution in [2.45, 2.75) is 38.1 Å². The van der Waals surface area contributed by atoms with E-state index in [1.165, 1.54) is 0 Å². The number of sulfonamides is 1. The average molecular weight is 431 g/mol. The fourth-order valence-corrected chi connectivity index (χ4v) is 5.07. The molecule has 0 fully saturated rings. The molecule has 2 aromatic carbocycles. The SMILES string of the molecule is Cc1ccc(C)c([C@H](C)NS(=O)(=O)c2nnc(NC(=O)c3ccccc3C)s2)c1. The number of anilines is 1. The quantitative estimate of drug-likeness (QED) is 0.580. The zero-order valence-corrected chi connectivity index (χ0v) is 18.2. The lowest BCUT2D eigenvalue weighted by Crippen LogP contribution is -2.27. The van der Waals surface area contributed by atoms with Gasteiger partial charge in [-0.3, -0.25) is 10.1 Å². The highest BCUT2D eigenvalue weighted by molar-refractivity contribution is 7.91. The number of nitrogens with zero attached hydrogens (tertiary/aromatic N) is 2. The minimum atomic E-state index is -3.88. The summed E-state index contributed by atoms with van der Waals surface area (Å²) in [6, 6.07) is 12.6. The zero-order chi connectivity index (χ0) is 21.2. The van der Waals surface area contributed by atoms with Crippen molar-refractivity contribution in [1.82, 2.24) is 14.9 Å². The predicted molar refractivity (Wildman–Crippen MR) is 114 cm³/mol. The summed E-state index contributed by atoms with van der Waals surface area (Å²) in [6.07, 6.45) is 0. The molecule has 9 heteroatoms. The van der Waals surface area contributed by atoms with Crippen molar-refractivity contribution in [2.24, 2.45) is 0 Å². The summed E-state index contributed by atoms with van der Waals surface area (Å²) in [5.74, 6) is -0.361. The van der Waals surface area contributed by atoms with Gasteiger partial charge in [-0.25, -0.2) is 13.1 Å². The molecule has 0 radical (unpaired) electrons. The van der Waals surface area contributed by atoms with Crippen LogP contribution in [0.3, 0.4) is 0 Å². The molecular formula is C20H22N4O3S2. The Labute approximate surface area is 174 Å². The van der Waals surface area contributed by atoms with Crippen molar-refractivity contribution >= 4 is 32.4 Å². The van der Waals surface area contributed by atoms with E-state index >= 15 is 0 Å². The number of rotatable bonds is 6. The van der Waals surface area contributed by atoms with Crippen LogP contribution in [0.2, 0.25) is 0 Å². The Morgan fingerprint density at radius 2 is 1.76 bits per heavy atom. The molecule has 1 aromatic heterocycles. The summed E-state index contributed by atoms with van der Waals surface area (Å²) in [4.78, 5) is 12.4. The van der Waals surface area contributed by atoms with Gasteiger partial charge in [0, 0.05) is 11.6 Å². The smallest absolute Gasteiger partial charge is 0.270 e. The molecule has 7 nitrogen and oxygen atoms in total. The Hall–Kier alpha value is -2.62. The molecule has 0 bridgehead atoms. The largest absolute Gasteiger partial charge is 0.296 e. The number of hydrogen-bond acceptors (Lipinski definition) is 6. The van der Waals surface area contributed by atoms with E-state index < -0.39 is 16.1 Å². The maximum atomic E-state index is 12.7. The van der Waals surface area contributed by atoms with E-state index in [-0.39, 0.29) is 15.4 Å². The predicted octanol–water partition coefficient (Wildman–Crippen LogP) is 3.76. The van der Waals surface area contributed by atoms with E-state index in [1.54, 1.807) is 19.1 Å². The van der Waals surface area contributed by atoms with Crippen LogP contribution in [0.15, 0.2) is 46.8 Å². The van der Waals surface area contributed by atoms with Gasteiger partial charge in [-0.05, 0) is 50.5 Å². The first-order valence-electron chi connectivity index (χ1n) is 8.97. The lowest BCUT2D eigenvalue weighted by molar-refractivity contribution is 0.102. The minimum absolute atomic E-state index is 0.123. The third-order valence-corrected chi connectivity index (χ3v) is 7.23. The summed E-state index contributed by atoms with van der Waals surface area (Å²) in [6.45, 7) is 7.49. The van der Waals surface area contributed by atoms with Crippen LogP contribution in [-0.4, -0.2) is 24.5 Å². The molecule has 3 rings (SSSR count). The van der Waals surface area contributed by atoms with Crippen molar-refractivity contribution in [3.8, 4) is 0 Å². The monoisotopic (exact) mass is 430 g/mol. The molecule has 0 saturated heterocycles. The Balaban J connectivity index is 1.75. The van der Waals surface area contributed by atoms with Gasteiger partial charge in [-0.1, -0.05) is 53.3 Å². The van der Waals surface area contributed by atoms with Gasteiger partial charge in [0.25, 0.3) is 15.9 Å². The normalized spacial score (nSPS) is 12.6. The van der Waals surface area contributed by atoms with Crippen molar-refractivity contribution in [3.05, 3.63) is 70.3 Å². The van der Waals surface area contributed by atoms with E-state index in [2.05, 4.69) is 20.2 Å². The molecule has 0 spiro atoms. The Bertz CT molecular complexity index is 1160. The first-order valence-corrected chi connectivity index (χ1v) is 11.3. The van der Waals surface area contributed by atoms with Crippen LogP contribution in [0, 0.1) is 20.8 Å². The van der Waals surface area contributed by atoms with Gasteiger partial charge in [0.1, 0.15) is 0 Å². The van der Waals surface area contributed by atoms with Gasteiger partial charge in [-0.2, -0.15) is 0 Å². The second-order valence-corrected chi connectivity index (χ2v) is 9.71. The van der Waals surface area contributed by atoms with Gasteiger partial charge < -0.3 is 0 Å². The minimum Gasteiger partial charge on any atom is -0.296 e. The molecule has 0 saturated carbocycles. The summed E-state index contributed by atoms with van der Waals surface area (Å²) in [5, 5.41) is 10.3. The van der Waals surface area contributed by atoms with Crippen LogP contribution < -0.4 is 10.0 Å². The maximum Gasteiger partial charge on any atom is 0.270 e. The molecule has 152 valence electrons. The molecule has 1 atom stereocenters. The molecule has 0 aliphatic heterocycles. The van der Waals surface area contributed by atoms with E-state index in [1.807, 2.05) is 51.1 Å². The van der Waals surface area contributed by atoms with E-state index in [4.69, 9.17) is 0 Å². The van der Waals surface area contributed by atoms with Gasteiger partial charge in [0.2, 0.25) is 9.47 Å². The summed E-state index contributed by atoms with van der Waals surface area (Å²) in [5.41, 5.74) is 4.24. The average Bonchev–Trinajstić information content (AvgIpc) is 3.13. The highest BCUT2D eigenvalue weighted by Gasteiger charge is 2.24. The number of nitrogens with one attached hydrogen (secondary N) is 2. The molecule has 0 aliphatic rings. The van der Waals surface area contributed by atoms with Gasteiger partial charge in [-0.15, -0.1) is 10.2 Å². The van der Waals surface area contributed by atoms with Crippen molar-refractivity contribution in [3.63, 3.8) is 0 Å². The van der Waals surface area contributed by atoms with E-state index in [9.17, 15) is 13.2 Å². The maximum absolute atomic E-state index is 12.7. The third kappa shape index (κ3) is 4.87. The first kappa shape index (κ1) is 21.1. The summed E-state index contributed by atoms with van der Waals surface area (Å²) >= 11 is 0.809. The molecular weight excluding hydrogens is 408 g/mol. The van der Waals surface area contributed by atoms with E-state index in [0.29, 0.717) is 5.56 Å². The fraction of sp³-hybridized carbons (Fsp3) is 0.250. The second-order valence-electron chi connectivity index (χ2n) is 6.85. The first-order chi connectivity index (χ1) is 13.7. The summed E-state index contributed by atoms with van der Waals surface area (Å²) < 4.78 is 27.9. The Morgan fingerprint density at radius 3 is 2.48 bits per heavy atom. The van der Waals surface area contributed by atoms with E-state index in [0.717, 1.165) is 33.6 Å². The van der Waals surface area contributed by atoms with Crippen LogP contribution in [-0.2, 0) is 10.0 Å². The molecule has 3 aromatic rings. The zero-order valence-electron chi connectivity index (χ0n) is 16.6. The summed E-state index contributed by atoms with van der Waals surface area (Å²) in [7, 11) is -3.88. The molecule has 29 heavy (non-hydrogen) atoms. The van der Waals surface area contributed by atoms with Gasteiger partial charge in [0.05, 0.1) is 0 Å². The Morgan fingerprint density at radius 1 is 1.03 bits per heavy atom. The number of aromatic nitrogens is 2. The molecule has 1 amide bonds. The Kier molecular flexibility index (Phi) is 6.11. The van der Waals surface area contributed by atoms with Crippen LogP contribution in [0.5, 0.6) is 0 Å². The van der Waals surface area contributed by atoms with Crippen molar-refractivity contribution < 1.29 is 13.2 Å². The number of carbonyl (C=O) groups is 1. The fourth-order valence-electron chi connectivity index (χ4n) is 2.93. The van der Waals surface area contributed by atoms with Crippen LogP contribution in [0.1, 0.15) is 45.6 Å². The van der Waals surface area contributed by atoms with Crippen molar-refractivity contribution in [1.29, 1.82) is 0 Å². The van der Waals surface area contributed by atoms with Crippen LogP contribution in [0.4, 0.5) is 5.13 Å². The van der Waals surface area contributed by atoms with Gasteiger partial charge >= 0.3 is 0 Å². The van der Waals surface area contributed by atoms with Crippen LogP contribution in [0.25, 0.3) is 0 Å². The number of hydrogen-bond donors (Lipinski definition) is 2. The number of aryl methyl sites for hydroxylation is 3. The standard InChI is InChI=1S/C20H22N4O3S2/c1-12-9-10-14(3)17(11-12)15(4)24-29(26,27)20-23-22-19(28-20)21-18(25)16-8-6-5-7-13(16)2/h5-11,15,24H,1-4H3,(H,21,22,25)/t15-/m0/s1. The highest BCUT2D eigenvalue weighted by Crippen LogP contribution is 2.25. The lowest BCUT2D eigenvalue weighted by atomic mass is 10.0. The topological polar surface area (TPSA) is 101 Å². The number of benzene rings is 2. The van der Waals surface area contributed by atoms with Gasteiger partial charge in [0.15, 0.2) is 0 Å². The molecule has 0 aliphatic carbocycles. The lowest BCUT2D eigenvalue weighted by Gasteiger charge is -2.16. The molecule has 2 N–H and O–H groups in total. The molecule has 1 heterocycles. The molecule has 0 unspecified atom stereocenters. The highest BCUT2D eigenvalue weighted by atomic mass is 32.2. The van der Waals surface area contributed by atoms with Crippen LogP contribution >= 0.6 is 11.3 Å². The second kappa shape index (κ2) is 8.40. The van der Waals surface area contributed by atoms with Crippen molar-refractivity contribution in [2.75, 3.05) is 5.32 Å². The third-order valence-electron chi connectivity index (χ3n) is 4.48. The number of amides is 1.